The Morgan fingerprint density at radius 2 is 1.80 bits per heavy atom. The summed E-state index contributed by atoms with van der Waals surface area (Å²) in [5.74, 6) is -0.0912. The Hall–Kier alpha value is -2.65. The average molecular weight is 355 g/mol. The number of carbonyl (C=O) groups is 1. The van der Waals surface area contributed by atoms with Crippen molar-refractivity contribution in [3.63, 3.8) is 0 Å². The fourth-order valence-electron chi connectivity index (χ4n) is 2.56. The molecule has 0 fully saturated rings. The summed E-state index contributed by atoms with van der Waals surface area (Å²) in [6.45, 7) is 1.81. The van der Waals surface area contributed by atoms with Gasteiger partial charge < -0.3 is 4.74 Å². The zero-order valence-electron chi connectivity index (χ0n) is 13.6. The molecule has 126 valence electrons. The van der Waals surface area contributed by atoms with Crippen molar-refractivity contribution >= 4 is 17.4 Å². The monoisotopic (exact) mass is 354 g/mol. The minimum absolute atomic E-state index is 0.105. The lowest BCUT2D eigenvalue weighted by Crippen LogP contribution is -2.02. The summed E-state index contributed by atoms with van der Waals surface area (Å²) in [5, 5.41) is 0.335. The van der Waals surface area contributed by atoms with Gasteiger partial charge in [-0.25, -0.2) is 4.39 Å². The van der Waals surface area contributed by atoms with E-state index in [1.165, 1.54) is 13.0 Å². The standard InChI is InChI=1S/C21H16ClFO2/c1-14(24)18-9-7-16(19-10-8-17(22)12-20(19)23)11-21(18)25-13-15-5-3-2-4-6-15/h2-12H,13H2,1H3. The van der Waals surface area contributed by atoms with E-state index in [0.29, 0.717) is 34.1 Å². The van der Waals surface area contributed by atoms with Crippen LogP contribution in [-0.2, 0) is 6.61 Å². The number of carbonyl (C=O) groups excluding carboxylic acids is 1. The number of Topliss-reactive ketones (excluding diaryl/α,β-unsaturated/α-hetero) is 1. The van der Waals surface area contributed by atoms with Crippen LogP contribution in [0.5, 0.6) is 5.75 Å². The van der Waals surface area contributed by atoms with Crippen molar-refractivity contribution in [2.75, 3.05) is 0 Å². The lowest BCUT2D eigenvalue weighted by atomic mass is 10.0. The summed E-state index contributed by atoms with van der Waals surface area (Å²) in [4.78, 5) is 11.9. The van der Waals surface area contributed by atoms with Crippen molar-refractivity contribution < 1.29 is 13.9 Å². The Bertz CT molecular complexity index is 907. The Labute approximate surface area is 150 Å². The number of halogens is 2. The molecule has 3 aromatic carbocycles. The minimum atomic E-state index is -0.419. The number of hydrogen-bond donors (Lipinski definition) is 0. The van der Waals surface area contributed by atoms with Crippen LogP contribution in [0.25, 0.3) is 11.1 Å². The lowest BCUT2D eigenvalue weighted by molar-refractivity contribution is 0.101. The molecular weight excluding hydrogens is 339 g/mol. The third-order valence-corrected chi connectivity index (χ3v) is 4.08. The van der Waals surface area contributed by atoms with Crippen LogP contribution in [0.4, 0.5) is 4.39 Å². The molecule has 0 amide bonds. The summed E-state index contributed by atoms with van der Waals surface area (Å²) in [5.41, 5.74) is 2.49. The number of rotatable bonds is 5. The molecule has 0 unspecified atom stereocenters. The SMILES string of the molecule is CC(=O)c1ccc(-c2ccc(Cl)cc2F)cc1OCc1ccccc1. The van der Waals surface area contributed by atoms with Crippen LogP contribution in [-0.4, -0.2) is 5.78 Å². The summed E-state index contributed by atoms with van der Waals surface area (Å²) in [7, 11) is 0. The zero-order chi connectivity index (χ0) is 17.8. The molecule has 3 rings (SSSR count). The first kappa shape index (κ1) is 17.2. The van der Waals surface area contributed by atoms with Crippen LogP contribution in [0.3, 0.4) is 0 Å². The van der Waals surface area contributed by atoms with Crippen LogP contribution in [0, 0.1) is 5.82 Å². The van der Waals surface area contributed by atoms with Crippen molar-refractivity contribution in [1.29, 1.82) is 0 Å². The third-order valence-electron chi connectivity index (χ3n) is 3.84. The van der Waals surface area contributed by atoms with Crippen LogP contribution >= 0.6 is 11.6 Å². The molecule has 0 saturated carbocycles. The van der Waals surface area contributed by atoms with E-state index < -0.39 is 5.82 Å². The number of hydrogen-bond acceptors (Lipinski definition) is 2. The average Bonchev–Trinajstić information content (AvgIpc) is 2.60. The van der Waals surface area contributed by atoms with Gasteiger partial charge in [-0.2, -0.15) is 0 Å². The van der Waals surface area contributed by atoms with Crippen LogP contribution in [0.15, 0.2) is 66.7 Å². The smallest absolute Gasteiger partial charge is 0.163 e. The van der Waals surface area contributed by atoms with E-state index in [4.69, 9.17) is 16.3 Å². The largest absolute Gasteiger partial charge is 0.488 e. The van der Waals surface area contributed by atoms with Gasteiger partial charge in [0.25, 0.3) is 0 Å². The molecule has 2 nitrogen and oxygen atoms in total. The Kier molecular flexibility index (Phi) is 5.15. The molecule has 0 saturated heterocycles. The molecule has 0 radical (unpaired) electrons. The van der Waals surface area contributed by atoms with Crippen molar-refractivity contribution in [3.8, 4) is 16.9 Å². The Morgan fingerprint density at radius 3 is 2.48 bits per heavy atom. The molecule has 0 aromatic heterocycles. The van der Waals surface area contributed by atoms with E-state index in [-0.39, 0.29) is 5.78 Å². The van der Waals surface area contributed by atoms with Crippen molar-refractivity contribution in [2.45, 2.75) is 13.5 Å². The topological polar surface area (TPSA) is 26.3 Å². The molecule has 0 spiro atoms. The molecule has 0 bridgehead atoms. The second-order valence-corrected chi connectivity index (χ2v) is 6.10. The minimum Gasteiger partial charge on any atom is -0.488 e. The van der Waals surface area contributed by atoms with Crippen LogP contribution in [0.2, 0.25) is 5.02 Å². The predicted octanol–water partition coefficient (Wildman–Crippen LogP) is 5.93. The zero-order valence-corrected chi connectivity index (χ0v) is 14.4. The van der Waals surface area contributed by atoms with Gasteiger partial charge in [0, 0.05) is 10.6 Å². The third kappa shape index (κ3) is 4.06. The van der Waals surface area contributed by atoms with Crippen molar-refractivity contribution in [1.82, 2.24) is 0 Å². The second-order valence-electron chi connectivity index (χ2n) is 5.67. The Balaban J connectivity index is 1.95. The van der Waals surface area contributed by atoms with Gasteiger partial charge in [-0.3, -0.25) is 4.79 Å². The van der Waals surface area contributed by atoms with E-state index in [2.05, 4.69) is 0 Å². The molecule has 0 atom stereocenters. The first-order chi connectivity index (χ1) is 12.0. The highest BCUT2D eigenvalue weighted by Crippen LogP contribution is 2.31. The maximum atomic E-state index is 14.2. The van der Waals surface area contributed by atoms with Crippen LogP contribution in [0.1, 0.15) is 22.8 Å². The second kappa shape index (κ2) is 7.49. The summed E-state index contributed by atoms with van der Waals surface area (Å²) >= 11 is 5.81. The van der Waals surface area contributed by atoms with Gasteiger partial charge in [-0.15, -0.1) is 0 Å². The number of ketones is 1. The molecule has 25 heavy (non-hydrogen) atoms. The maximum absolute atomic E-state index is 14.2. The maximum Gasteiger partial charge on any atom is 0.163 e. The normalized spacial score (nSPS) is 10.5. The quantitative estimate of drug-likeness (QED) is 0.531. The van der Waals surface area contributed by atoms with Crippen LogP contribution < -0.4 is 4.74 Å². The molecule has 0 aliphatic rings. The molecule has 0 N–H and O–H groups in total. The molecule has 0 aliphatic heterocycles. The fourth-order valence-corrected chi connectivity index (χ4v) is 2.72. The first-order valence-electron chi connectivity index (χ1n) is 7.82. The Morgan fingerprint density at radius 1 is 1.04 bits per heavy atom. The fraction of sp³-hybridized carbons (Fsp3) is 0.0952. The molecule has 3 aromatic rings. The van der Waals surface area contributed by atoms with Gasteiger partial charge in [0.1, 0.15) is 18.2 Å². The van der Waals surface area contributed by atoms with E-state index in [9.17, 15) is 9.18 Å². The van der Waals surface area contributed by atoms with Gasteiger partial charge in [0.05, 0.1) is 5.56 Å². The summed E-state index contributed by atoms with van der Waals surface area (Å²) < 4.78 is 20.0. The van der Waals surface area contributed by atoms with E-state index in [1.54, 1.807) is 30.3 Å². The van der Waals surface area contributed by atoms with Gasteiger partial charge in [-0.1, -0.05) is 48.0 Å². The van der Waals surface area contributed by atoms with Gasteiger partial charge in [0.2, 0.25) is 0 Å². The van der Waals surface area contributed by atoms with E-state index >= 15 is 0 Å². The van der Waals surface area contributed by atoms with Crippen molar-refractivity contribution in [2.24, 2.45) is 0 Å². The van der Waals surface area contributed by atoms with Gasteiger partial charge >= 0.3 is 0 Å². The first-order valence-corrected chi connectivity index (χ1v) is 8.19. The highest BCUT2D eigenvalue weighted by molar-refractivity contribution is 6.30. The summed E-state index contributed by atoms with van der Waals surface area (Å²) in [6, 6.07) is 19.2. The highest BCUT2D eigenvalue weighted by Gasteiger charge is 2.13. The highest BCUT2D eigenvalue weighted by atomic mass is 35.5. The molecule has 0 aliphatic carbocycles. The van der Waals surface area contributed by atoms with Crippen molar-refractivity contribution in [3.05, 3.63) is 88.7 Å². The molecular formula is C21H16ClFO2. The lowest BCUT2D eigenvalue weighted by Gasteiger charge is -2.13. The summed E-state index contributed by atoms with van der Waals surface area (Å²) in [6.07, 6.45) is 0. The molecule has 4 heteroatoms. The molecule has 0 heterocycles. The van der Waals surface area contributed by atoms with E-state index in [1.807, 2.05) is 30.3 Å². The van der Waals surface area contributed by atoms with E-state index in [0.717, 1.165) is 5.56 Å². The predicted molar refractivity (Wildman–Crippen MR) is 97.6 cm³/mol. The number of benzene rings is 3. The van der Waals surface area contributed by atoms with Gasteiger partial charge in [-0.05, 0) is 48.4 Å². The number of ether oxygens (including phenoxy) is 1. The van der Waals surface area contributed by atoms with Gasteiger partial charge in [0.15, 0.2) is 5.78 Å².